The summed E-state index contributed by atoms with van der Waals surface area (Å²) in [5, 5.41) is 8.15. The van der Waals surface area contributed by atoms with Gasteiger partial charge in [0.05, 0.1) is 75.1 Å². The second kappa shape index (κ2) is 23.1. The van der Waals surface area contributed by atoms with E-state index in [2.05, 4.69) is 108 Å². The van der Waals surface area contributed by atoms with Gasteiger partial charge in [0.2, 0.25) is 11.8 Å². The van der Waals surface area contributed by atoms with Crippen LogP contribution < -0.4 is 10.9 Å². The van der Waals surface area contributed by atoms with Gasteiger partial charge in [-0.25, -0.2) is 4.98 Å². The molecule has 4 atom stereocenters. The van der Waals surface area contributed by atoms with Crippen molar-refractivity contribution in [2.24, 2.45) is 5.92 Å². The van der Waals surface area contributed by atoms with Gasteiger partial charge in [-0.05, 0) is 130 Å². The van der Waals surface area contributed by atoms with E-state index in [1.54, 1.807) is 16.5 Å². The number of rotatable bonds is 17. The van der Waals surface area contributed by atoms with Gasteiger partial charge in [-0.3, -0.25) is 19.0 Å². The highest BCUT2D eigenvalue weighted by atomic mass is 35.5. The molecule has 77 heavy (non-hydrogen) atoms. The summed E-state index contributed by atoms with van der Waals surface area (Å²) in [4.78, 5) is 56.0. The average molecular weight is 1100 g/mol. The van der Waals surface area contributed by atoms with Crippen molar-refractivity contribution in [1.29, 1.82) is 0 Å². The van der Waals surface area contributed by atoms with Crippen molar-refractivity contribution in [3.8, 4) is 28.0 Å². The number of piperidine rings is 1. The quantitative estimate of drug-likeness (QED) is 0.0527. The highest BCUT2D eigenvalue weighted by Crippen LogP contribution is 2.45. The molecule has 3 aliphatic rings. The lowest BCUT2D eigenvalue weighted by atomic mass is 9.83. The summed E-state index contributed by atoms with van der Waals surface area (Å²) >= 11 is 8.04. The highest BCUT2D eigenvalue weighted by molar-refractivity contribution is 7.13. The lowest BCUT2D eigenvalue weighted by Crippen LogP contribution is -2.48. The Balaban J connectivity index is 0.720. The minimum atomic E-state index is -2.20. The molecule has 0 aliphatic carbocycles. The maximum atomic E-state index is 14.4. The van der Waals surface area contributed by atoms with Crippen molar-refractivity contribution < 1.29 is 28.0 Å². The van der Waals surface area contributed by atoms with Crippen LogP contribution in [-0.4, -0.2) is 114 Å². The first-order valence-electron chi connectivity index (χ1n) is 27.1. The fourth-order valence-corrected chi connectivity index (χ4v) is 13.3. The second-order valence-corrected chi connectivity index (χ2v) is 29.4. The standard InChI is InChI=1S/C60H74ClN7O7SSi/c1-37(2)52(51-32-38(3)65-74-51)57(71)67-35-44(75-77(10,11)59(5,6)7)34-50(67)55(69)63-39(4)40-17-19-42(20-18-40)54-47(62-36-76-54)15-13-28-72-30-31-73-29-27-66-25-23-41(24-26-66)43-21-22-45-49(33-43)68-48-16-12-14-46(61)53(48)56(70)64-58(68)60(45,8)9/h12,14,16-22,32-33,36-37,39,41,44,50,52H,23-31,34-35H2,1-11H3,(H,63,69)/t39-,44+,50-,52+/m0/s1. The minimum absolute atomic E-state index is 0.0281. The van der Waals surface area contributed by atoms with Crippen molar-refractivity contribution in [1.82, 2.24) is 34.8 Å². The monoisotopic (exact) mass is 1100 g/mol. The smallest absolute Gasteiger partial charge is 0.282 e. The Bertz CT molecular complexity index is 3230. The largest absolute Gasteiger partial charge is 0.412 e. The topological polar surface area (TPSA) is 154 Å². The van der Waals surface area contributed by atoms with Crippen molar-refractivity contribution in [3.63, 3.8) is 0 Å². The number of likely N-dealkylation sites (tertiary alicyclic amines) is 2. The Hall–Kier alpha value is -5.51. The number of nitrogens with zero attached hydrogens (tertiary/aromatic N) is 6. The normalized spacial score (nSPS) is 18.5. The van der Waals surface area contributed by atoms with Crippen LogP contribution in [0.3, 0.4) is 0 Å². The van der Waals surface area contributed by atoms with Crippen LogP contribution in [0, 0.1) is 24.7 Å². The predicted molar refractivity (Wildman–Crippen MR) is 307 cm³/mol. The van der Waals surface area contributed by atoms with Crippen molar-refractivity contribution in [2.75, 3.05) is 52.6 Å². The zero-order valence-corrected chi connectivity index (χ0v) is 49.1. The van der Waals surface area contributed by atoms with Crippen molar-refractivity contribution in [3.05, 3.63) is 127 Å². The molecule has 0 saturated carbocycles. The number of carbonyl (C=O) groups excluding carboxylic acids is 2. The highest BCUT2D eigenvalue weighted by Gasteiger charge is 2.48. The van der Waals surface area contributed by atoms with Crippen LogP contribution in [-0.2, 0) is 28.9 Å². The fourth-order valence-electron chi connectivity index (χ4n) is 10.9. The molecule has 1 N–H and O–H groups in total. The summed E-state index contributed by atoms with van der Waals surface area (Å²) in [6, 6.07) is 21.3. The number of carbonyl (C=O) groups is 2. The van der Waals surface area contributed by atoms with E-state index in [0.29, 0.717) is 66.3 Å². The maximum absolute atomic E-state index is 14.4. The van der Waals surface area contributed by atoms with Gasteiger partial charge in [0.25, 0.3) is 5.56 Å². The molecule has 17 heteroatoms. The SMILES string of the molecule is Cc1cc([C@H](C(=O)N2C[C@H](O[Si](C)(C)C(C)(C)C)C[C@H]2C(=O)N[C@@H](C)c2ccc(-c3scnc3C#CCOCCOCCN3CCC(c4ccc5c(c4)-n4c(nc(=O)c6c(Cl)cccc64)C5(C)C)CC3)cc2)C(C)C)on1. The Morgan fingerprint density at radius 1 is 1.00 bits per heavy atom. The Morgan fingerprint density at radius 2 is 1.74 bits per heavy atom. The zero-order chi connectivity index (χ0) is 55.0. The number of fused-ring (bicyclic) bond motifs is 5. The molecule has 3 aliphatic heterocycles. The summed E-state index contributed by atoms with van der Waals surface area (Å²) in [6.45, 7) is 28.1. The van der Waals surface area contributed by atoms with Crippen LogP contribution in [0.4, 0.5) is 0 Å². The van der Waals surface area contributed by atoms with E-state index in [-0.39, 0.29) is 47.1 Å². The Kier molecular flexibility index (Phi) is 16.8. The molecule has 2 fully saturated rings. The Labute approximate surface area is 463 Å². The maximum Gasteiger partial charge on any atom is 0.282 e. The lowest BCUT2D eigenvalue weighted by Gasteiger charge is -2.38. The first-order chi connectivity index (χ1) is 36.6. The number of halogens is 1. The third kappa shape index (κ3) is 11.9. The van der Waals surface area contributed by atoms with E-state index >= 15 is 0 Å². The van der Waals surface area contributed by atoms with Crippen LogP contribution in [0.25, 0.3) is 27.0 Å². The van der Waals surface area contributed by atoms with E-state index in [1.807, 2.05) is 70.2 Å². The number of hydrogen-bond donors (Lipinski definition) is 1. The van der Waals surface area contributed by atoms with Gasteiger partial charge < -0.3 is 33.5 Å². The van der Waals surface area contributed by atoms with Crippen molar-refractivity contribution in [2.45, 2.75) is 135 Å². The molecule has 9 rings (SSSR count). The summed E-state index contributed by atoms with van der Waals surface area (Å²) in [7, 11) is -2.20. The van der Waals surface area contributed by atoms with Crippen LogP contribution in [0.1, 0.15) is 132 Å². The molecule has 0 unspecified atom stereocenters. The number of benzene rings is 3. The molecule has 2 amide bonds. The van der Waals surface area contributed by atoms with Gasteiger partial charge in [-0.1, -0.05) is 99.8 Å². The molecular weight excluding hydrogens is 1030 g/mol. The van der Waals surface area contributed by atoms with E-state index in [4.69, 9.17) is 30.0 Å². The molecule has 0 radical (unpaired) electrons. The van der Waals surface area contributed by atoms with Gasteiger partial charge in [0, 0.05) is 25.6 Å². The third-order valence-corrected chi connectivity index (χ3v) is 22.1. The molecule has 6 aromatic rings. The van der Waals surface area contributed by atoms with Crippen molar-refractivity contribution >= 4 is 54.0 Å². The molecule has 0 spiro atoms. The summed E-state index contributed by atoms with van der Waals surface area (Å²) in [6.07, 6.45) is 2.27. The first-order valence-corrected chi connectivity index (χ1v) is 31.3. The number of nitrogens with one attached hydrogen (secondary N) is 1. The van der Waals surface area contributed by atoms with Gasteiger partial charge in [-0.2, -0.15) is 4.98 Å². The molecular formula is C60H74ClN7O7SSi. The van der Waals surface area contributed by atoms with E-state index in [1.165, 1.54) is 16.9 Å². The van der Waals surface area contributed by atoms with Crippen LogP contribution in [0.15, 0.2) is 81.6 Å². The predicted octanol–water partition coefficient (Wildman–Crippen LogP) is 11.0. The number of thiazole rings is 1. The summed E-state index contributed by atoms with van der Waals surface area (Å²) < 4.78 is 26.4. The fraction of sp³-hybridized carbons (Fsp3) is 0.500. The van der Waals surface area contributed by atoms with Gasteiger partial charge in [0.15, 0.2) is 8.32 Å². The van der Waals surface area contributed by atoms with Crippen LogP contribution >= 0.6 is 22.9 Å². The van der Waals surface area contributed by atoms with Gasteiger partial charge in [-0.15, -0.1) is 11.3 Å². The summed E-state index contributed by atoms with van der Waals surface area (Å²) in [5.74, 6) is 7.01. The average Bonchev–Trinajstić information content (AvgIpc) is 4.30. The van der Waals surface area contributed by atoms with E-state index in [9.17, 15) is 14.4 Å². The lowest BCUT2D eigenvalue weighted by molar-refractivity contribution is -0.141. The minimum Gasteiger partial charge on any atom is -0.412 e. The third-order valence-electron chi connectivity index (χ3n) is 16.3. The molecule has 0 bridgehead atoms. The Morgan fingerprint density at radius 3 is 2.44 bits per heavy atom. The molecule has 14 nitrogen and oxygen atoms in total. The summed E-state index contributed by atoms with van der Waals surface area (Å²) in [5.41, 5.74) is 8.78. The van der Waals surface area contributed by atoms with E-state index in [0.717, 1.165) is 71.1 Å². The number of aryl methyl sites for hydroxylation is 1. The first kappa shape index (κ1) is 56.2. The van der Waals surface area contributed by atoms with Crippen LogP contribution in [0.5, 0.6) is 0 Å². The van der Waals surface area contributed by atoms with Gasteiger partial charge in [0.1, 0.15) is 35.8 Å². The second-order valence-electron chi connectivity index (χ2n) is 23.4. The molecule has 6 heterocycles. The van der Waals surface area contributed by atoms with Gasteiger partial charge >= 0.3 is 0 Å². The van der Waals surface area contributed by atoms with E-state index < -0.39 is 25.7 Å². The zero-order valence-electron chi connectivity index (χ0n) is 46.5. The molecule has 3 aromatic heterocycles. The van der Waals surface area contributed by atoms with Crippen LogP contribution in [0.2, 0.25) is 23.2 Å². The molecule has 3 aromatic carbocycles. The molecule has 408 valence electrons. The number of ether oxygens (including phenoxy) is 2. The number of hydrogen-bond acceptors (Lipinski definition) is 12. The number of aromatic nitrogens is 4. The number of amides is 2. The molecule has 2 saturated heterocycles.